The van der Waals surface area contributed by atoms with Crippen LogP contribution in [0.5, 0.6) is 0 Å². The van der Waals surface area contributed by atoms with Gasteiger partial charge in [-0.2, -0.15) is 0 Å². The molecule has 2 saturated heterocycles. The summed E-state index contributed by atoms with van der Waals surface area (Å²) in [6.45, 7) is 2.34. The van der Waals surface area contributed by atoms with Gasteiger partial charge in [0, 0.05) is 26.2 Å². The van der Waals surface area contributed by atoms with Crippen LogP contribution in [0.2, 0.25) is 0 Å². The Morgan fingerprint density at radius 3 is 2.79 bits per heavy atom. The van der Waals surface area contributed by atoms with Crippen LogP contribution in [-0.4, -0.2) is 59.3 Å². The van der Waals surface area contributed by atoms with E-state index in [9.17, 15) is 9.59 Å². The van der Waals surface area contributed by atoms with Gasteiger partial charge in [0.2, 0.25) is 0 Å². The molecule has 0 aliphatic carbocycles. The van der Waals surface area contributed by atoms with Crippen molar-refractivity contribution in [3.63, 3.8) is 0 Å². The Morgan fingerprint density at radius 1 is 1.50 bits per heavy atom. The molecule has 0 spiro atoms. The molecule has 0 aromatic carbocycles. The average molecular weight is 199 g/mol. The van der Waals surface area contributed by atoms with Crippen molar-refractivity contribution in [1.82, 2.24) is 15.1 Å². The fraction of sp³-hybridized carbons (Fsp3) is 0.750. The molecule has 1 unspecified atom stereocenters. The van der Waals surface area contributed by atoms with E-state index >= 15 is 0 Å². The van der Waals surface area contributed by atoms with Gasteiger partial charge < -0.3 is 20.2 Å². The van der Waals surface area contributed by atoms with Gasteiger partial charge in [0.1, 0.15) is 0 Å². The minimum Gasteiger partial charge on any atom is -0.465 e. The predicted octanol–water partition coefficient (Wildman–Crippen LogP) is -0.236. The predicted molar refractivity (Wildman–Crippen MR) is 48.1 cm³/mol. The van der Waals surface area contributed by atoms with Crippen molar-refractivity contribution in [3.8, 4) is 0 Å². The number of hydrogen-bond acceptors (Lipinski definition) is 2. The molecule has 2 fully saturated rings. The van der Waals surface area contributed by atoms with Gasteiger partial charge in [-0.25, -0.2) is 9.59 Å². The van der Waals surface area contributed by atoms with Crippen LogP contribution in [0.25, 0.3) is 0 Å². The molecule has 2 N–H and O–H groups in total. The highest BCUT2D eigenvalue weighted by Crippen LogP contribution is 2.17. The first-order chi connectivity index (χ1) is 6.68. The summed E-state index contributed by atoms with van der Waals surface area (Å²) < 4.78 is 0. The Morgan fingerprint density at radius 2 is 2.29 bits per heavy atom. The highest BCUT2D eigenvalue weighted by molar-refractivity contribution is 5.76. The molecular weight excluding hydrogens is 186 g/mol. The minimum absolute atomic E-state index is 0.0635. The Balaban J connectivity index is 1.95. The van der Waals surface area contributed by atoms with Crippen molar-refractivity contribution in [2.75, 3.05) is 26.2 Å². The molecule has 1 atom stereocenters. The fourth-order valence-electron chi connectivity index (χ4n) is 2.00. The lowest BCUT2D eigenvalue weighted by atomic mass is 10.2. The first-order valence-corrected chi connectivity index (χ1v) is 4.71. The molecule has 14 heavy (non-hydrogen) atoms. The van der Waals surface area contributed by atoms with E-state index in [0.717, 1.165) is 6.42 Å². The third-order valence-electron chi connectivity index (χ3n) is 2.76. The van der Waals surface area contributed by atoms with E-state index in [1.807, 2.05) is 0 Å². The smallest absolute Gasteiger partial charge is 0.407 e. The molecule has 0 radical (unpaired) electrons. The molecule has 6 nitrogen and oxygen atoms in total. The van der Waals surface area contributed by atoms with Crippen LogP contribution in [0.4, 0.5) is 9.59 Å². The van der Waals surface area contributed by atoms with Crippen LogP contribution < -0.4 is 5.32 Å². The van der Waals surface area contributed by atoms with Gasteiger partial charge in [0.05, 0.1) is 6.04 Å². The van der Waals surface area contributed by atoms with Crippen molar-refractivity contribution in [1.29, 1.82) is 0 Å². The van der Waals surface area contributed by atoms with Gasteiger partial charge in [-0.3, -0.25) is 0 Å². The minimum atomic E-state index is -0.896. The summed E-state index contributed by atoms with van der Waals surface area (Å²) >= 11 is 0. The van der Waals surface area contributed by atoms with Crippen LogP contribution in [-0.2, 0) is 0 Å². The Hall–Kier alpha value is -1.46. The van der Waals surface area contributed by atoms with Gasteiger partial charge >= 0.3 is 12.1 Å². The summed E-state index contributed by atoms with van der Waals surface area (Å²) in [5.74, 6) is 0. The number of urea groups is 1. The summed E-state index contributed by atoms with van der Waals surface area (Å²) in [6.07, 6.45) is -0.146. The zero-order valence-corrected chi connectivity index (χ0v) is 7.77. The van der Waals surface area contributed by atoms with E-state index in [0.29, 0.717) is 26.2 Å². The average Bonchev–Trinajstić information content (AvgIpc) is 2.71. The number of carbonyl (C=O) groups excluding carboxylic acids is 1. The lowest BCUT2D eigenvalue weighted by Gasteiger charge is -2.21. The quantitative estimate of drug-likeness (QED) is 0.612. The second-order valence-corrected chi connectivity index (χ2v) is 3.60. The SMILES string of the molecule is O=C(O)N1CCC(N2CCNC2=O)C1. The number of carboxylic acid groups (broad SMARTS) is 1. The number of carbonyl (C=O) groups is 2. The maximum absolute atomic E-state index is 11.3. The van der Waals surface area contributed by atoms with Crippen molar-refractivity contribution >= 4 is 12.1 Å². The Kier molecular flexibility index (Phi) is 2.18. The molecule has 78 valence electrons. The molecule has 2 heterocycles. The van der Waals surface area contributed by atoms with Gasteiger partial charge in [0.15, 0.2) is 0 Å². The first kappa shape index (κ1) is 9.11. The van der Waals surface area contributed by atoms with Crippen molar-refractivity contribution < 1.29 is 14.7 Å². The van der Waals surface area contributed by atoms with E-state index in [2.05, 4.69) is 5.32 Å². The zero-order chi connectivity index (χ0) is 10.1. The maximum atomic E-state index is 11.3. The van der Waals surface area contributed by atoms with Gasteiger partial charge in [-0.05, 0) is 6.42 Å². The normalized spacial score (nSPS) is 26.9. The van der Waals surface area contributed by atoms with Crippen LogP contribution in [0, 0.1) is 0 Å². The van der Waals surface area contributed by atoms with Crippen LogP contribution in [0.1, 0.15) is 6.42 Å². The number of likely N-dealkylation sites (tertiary alicyclic amines) is 1. The summed E-state index contributed by atoms with van der Waals surface area (Å²) in [5, 5.41) is 11.5. The standard InChI is InChI=1S/C8H13N3O3/c12-7-9-2-4-11(7)6-1-3-10(5-6)8(13)14/h6H,1-5H2,(H,9,12)(H,13,14). The van der Waals surface area contributed by atoms with Crippen LogP contribution >= 0.6 is 0 Å². The molecule has 0 aromatic heterocycles. The molecular formula is C8H13N3O3. The Labute approximate surface area is 81.5 Å². The monoisotopic (exact) mass is 199 g/mol. The molecule has 2 aliphatic heterocycles. The van der Waals surface area contributed by atoms with Gasteiger partial charge in [-0.1, -0.05) is 0 Å². The molecule has 2 rings (SSSR count). The largest absolute Gasteiger partial charge is 0.465 e. The third kappa shape index (κ3) is 1.47. The lowest BCUT2D eigenvalue weighted by Crippen LogP contribution is -2.40. The molecule has 0 saturated carbocycles. The molecule has 0 bridgehead atoms. The van der Waals surface area contributed by atoms with E-state index in [1.54, 1.807) is 4.90 Å². The Bertz CT molecular complexity index is 269. The topological polar surface area (TPSA) is 72.9 Å². The van der Waals surface area contributed by atoms with E-state index in [1.165, 1.54) is 4.90 Å². The number of amides is 3. The maximum Gasteiger partial charge on any atom is 0.407 e. The summed E-state index contributed by atoms with van der Waals surface area (Å²) in [4.78, 5) is 25.0. The van der Waals surface area contributed by atoms with Crippen LogP contribution in [0.15, 0.2) is 0 Å². The fourth-order valence-corrected chi connectivity index (χ4v) is 2.00. The first-order valence-electron chi connectivity index (χ1n) is 4.71. The molecule has 0 aromatic rings. The number of nitrogens with zero attached hydrogens (tertiary/aromatic N) is 2. The zero-order valence-electron chi connectivity index (χ0n) is 7.77. The molecule has 3 amide bonds. The van der Waals surface area contributed by atoms with Crippen molar-refractivity contribution in [2.45, 2.75) is 12.5 Å². The second kappa shape index (κ2) is 3.36. The van der Waals surface area contributed by atoms with Gasteiger partial charge in [0.25, 0.3) is 0 Å². The molecule has 2 aliphatic rings. The van der Waals surface area contributed by atoms with Crippen LogP contribution in [0.3, 0.4) is 0 Å². The third-order valence-corrected chi connectivity index (χ3v) is 2.76. The second-order valence-electron chi connectivity index (χ2n) is 3.60. The van der Waals surface area contributed by atoms with Crippen molar-refractivity contribution in [2.24, 2.45) is 0 Å². The highest BCUT2D eigenvalue weighted by Gasteiger charge is 2.34. The summed E-state index contributed by atoms with van der Waals surface area (Å²) in [5.41, 5.74) is 0. The van der Waals surface area contributed by atoms with E-state index < -0.39 is 6.09 Å². The lowest BCUT2D eigenvalue weighted by molar-refractivity contribution is 0.150. The van der Waals surface area contributed by atoms with Crippen molar-refractivity contribution in [3.05, 3.63) is 0 Å². The summed E-state index contributed by atoms with van der Waals surface area (Å²) in [7, 11) is 0. The number of rotatable bonds is 1. The number of nitrogens with one attached hydrogen (secondary N) is 1. The van der Waals surface area contributed by atoms with E-state index in [4.69, 9.17) is 5.11 Å². The van der Waals surface area contributed by atoms with E-state index in [-0.39, 0.29) is 12.1 Å². The van der Waals surface area contributed by atoms with Gasteiger partial charge in [-0.15, -0.1) is 0 Å². The molecule has 6 heteroatoms. The number of hydrogen-bond donors (Lipinski definition) is 2. The highest BCUT2D eigenvalue weighted by atomic mass is 16.4. The summed E-state index contributed by atoms with van der Waals surface area (Å²) in [6, 6.07) is -0.00385.